The van der Waals surface area contributed by atoms with Gasteiger partial charge in [0.2, 0.25) is 0 Å². The maximum Gasteiger partial charge on any atom is 0.178 e. The summed E-state index contributed by atoms with van der Waals surface area (Å²) < 4.78 is 7.22. The first-order valence-electron chi connectivity index (χ1n) is 9.32. The third-order valence-electron chi connectivity index (χ3n) is 4.94. The molecule has 0 radical (unpaired) electrons. The number of piperazine rings is 1. The highest BCUT2D eigenvalue weighted by Gasteiger charge is 2.23. The quantitative estimate of drug-likeness (QED) is 0.710. The van der Waals surface area contributed by atoms with Gasteiger partial charge in [0.05, 0.1) is 7.11 Å². The van der Waals surface area contributed by atoms with Crippen molar-refractivity contribution in [2.24, 2.45) is 0 Å². The number of nitrogens with zero attached hydrogens (tertiary/aromatic N) is 6. The first kappa shape index (κ1) is 17.6. The smallest absolute Gasteiger partial charge is 0.178 e. The van der Waals surface area contributed by atoms with E-state index in [0.29, 0.717) is 0 Å². The minimum absolute atomic E-state index is 0.101. The summed E-state index contributed by atoms with van der Waals surface area (Å²) in [5.41, 5.74) is 1.89. The fourth-order valence-corrected chi connectivity index (χ4v) is 3.42. The molecule has 0 atom stereocenters. The monoisotopic (exact) mass is 366 g/mol. The van der Waals surface area contributed by atoms with Crippen LogP contribution in [-0.2, 0) is 5.41 Å². The minimum atomic E-state index is -0.101. The summed E-state index contributed by atoms with van der Waals surface area (Å²) >= 11 is 0. The third-order valence-corrected chi connectivity index (χ3v) is 4.94. The molecule has 0 N–H and O–H groups in total. The van der Waals surface area contributed by atoms with Crippen LogP contribution in [0.25, 0.3) is 5.65 Å². The van der Waals surface area contributed by atoms with Crippen LogP contribution >= 0.6 is 0 Å². The van der Waals surface area contributed by atoms with Crippen LogP contribution in [0.5, 0.6) is 5.75 Å². The number of fused-ring (bicyclic) bond motifs is 1. The average Bonchev–Trinajstić information content (AvgIpc) is 3.12. The van der Waals surface area contributed by atoms with Gasteiger partial charge in [0.25, 0.3) is 0 Å². The Morgan fingerprint density at radius 2 is 1.67 bits per heavy atom. The highest BCUT2D eigenvalue weighted by atomic mass is 16.5. The van der Waals surface area contributed by atoms with Crippen molar-refractivity contribution in [3.05, 3.63) is 42.2 Å². The lowest BCUT2D eigenvalue weighted by Crippen LogP contribution is -2.47. The molecule has 0 amide bonds. The normalized spacial score (nSPS) is 15.4. The molecule has 142 valence electrons. The van der Waals surface area contributed by atoms with Crippen molar-refractivity contribution in [2.45, 2.75) is 26.2 Å². The second-order valence-corrected chi connectivity index (χ2v) is 7.91. The van der Waals surface area contributed by atoms with Gasteiger partial charge in [-0.2, -0.15) is 4.52 Å². The summed E-state index contributed by atoms with van der Waals surface area (Å²) in [6.07, 6.45) is 0. The Kier molecular flexibility index (Phi) is 4.37. The molecule has 27 heavy (non-hydrogen) atoms. The Morgan fingerprint density at radius 1 is 0.926 bits per heavy atom. The molecular weight excluding hydrogens is 340 g/mol. The van der Waals surface area contributed by atoms with Crippen LogP contribution in [0.3, 0.4) is 0 Å². The van der Waals surface area contributed by atoms with Crippen LogP contribution in [0.2, 0.25) is 0 Å². The summed E-state index contributed by atoms with van der Waals surface area (Å²) in [7, 11) is 1.70. The van der Waals surface area contributed by atoms with Crippen molar-refractivity contribution in [1.29, 1.82) is 0 Å². The molecule has 2 aromatic heterocycles. The van der Waals surface area contributed by atoms with Crippen molar-refractivity contribution in [1.82, 2.24) is 19.8 Å². The Balaban J connectivity index is 1.52. The molecule has 3 heterocycles. The molecule has 4 rings (SSSR count). The summed E-state index contributed by atoms with van der Waals surface area (Å²) in [6, 6.07) is 12.3. The Morgan fingerprint density at radius 3 is 2.37 bits per heavy atom. The van der Waals surface area contributed by atoms with E-state index in [-0.39, 0.29) is 5.41 Å². The Hall–Kier alpha value is -2.83. The number of anilines is 2. The molecule has 1 aromatic carbocycles. The van der Waals surface area contributed by atoms with E-state index in [1.54, 1.807) is 7.11 Å². The zero-order valence-corrected chi connectivity index (χ0v) is 16.4. The topological polar surface area (TPSA) is 58.8 Å². The molecule has 0 unspecified atom stereocenters. The van der Waals surface area contributed by atoms with E-state index in [1.165, 1.54) is 5.69 Å². The van der Waals surface area contributed by atoms with E-state index in [0.717, 1.165) is 49.2 Å². The summed E-state index contributed by atoms with van der Waals surface area (Å²) in [5, 5.41) is 13.4. The first-order valence-corrected chi connectivity index (χ1v) is 9.32. The highest BCUT2D eigenvalue weighted by Crippen LogP contribution is 2.24. The van der Waals surface area contributed by atoms with Gasteiger partial charge in [-0.05, 0) is 24.3 Å². The van der Waals surface area contributed by atoms with Gasteiger partial charge in [0.15, 0.2) is 11.5 Å². The van der Waals surface area contributed by atoms with E-state index in [9.17, 15) is 0 Å². The maximum absolute atomic E-state index is 5.35. The Bertz CT molecular complexity index is 937. The van der Waals surface area contributed by atoms with Crippen LogP contribution in [-0.4, -0.2) is 53.1 Å². The van der Waals surface area contributed by atoms with Gasteiger partial charge in [-0.15, -0.1) is 15.3 Å². The highest BCUT2D eigenvalue weighted by molar-refractivity contribution is 5.53. The number of hydrogen-bond acceptors (Lipinski definition) is 6. The number of ether oxygens (including phenoxy) is 1. The zero-order valence-electron chi connectivity index (χ0n) is 16.4. The van der Waals surface area contributed by atoms with Crippen molar-refractivity contribution >= 4 is 17.2 Å². The zero-order chi connectivity index (χ0) is 19.0. The number of aromatic nitrogens is 4. The lowest BCUT2D eigenvalue weighted by molar-refractivity contribution is 0.414. The van der Waals surface area contributed by atoms with Gasteiger partial charge in [0.1, 0.15) is 11.6 Å². The van der Waals surface area contributed by atoms with Crippen LogP contribution in [0, 0.1) is 0 Å². The van der Waals surface area contributed by atoms with Gasteiger partial charge < -0.3 is 14.5 Å². The maximum atomic E-state index is 5.35. The Labute approximate surface area is 159 Å². The van der Waals surface area contributed by atoms with E-state index in [2.05, 4.69) is 52.9 Å². The van der Waals surface area contributed by atoms with Crippen molar-refractivity contribution < 1.29 is 4.74 Å². The average molecular weight is 366 g/mol. The molecule has 7 nitrogen and oxygen atoms in total. The minimum Gasteiger partial charge on any atom is -0.497 e. The van der Waals surface area contributed by atoms with E-state index < -0.39 is 0 Å². The standard InChI is InChI=1S/C20H26N6O/c1-20(2,3)19-22-21-17-8-9-18(23-26(17)19)25-12-10-24(11-13-25)15-6-5-7-16(14-15)27-4/h5-9,14H,10-13H2,1-4H3. The molecule has 1 fully saturated rings. The molecular formula is C20H26N6O. The van der Waals surface area contributed by atoms with Gasteiger partial charge in [-0.25, -0.2) is 0 Å². The molecule has 3 aromatic rings. The van der Waals surface area contributed by atoms with Gasteiger partial charge >= 0.3 is 0 Å². The van der Waals surface area contributed by atoms with Gasteiger partial charge in [0, 0.05) is 43.3 Å². The second kappa shape index (κ2) is 6.72. The molecule has 0 aliphatic carbocycles. The van der Waals surface area contributed by atoms with E-state index in [4.69, 9.17) is 9.84 Å². The van der Waals surface area contributed by atoms with Crippen molar-refractivity contribution in [2.75, 3.05) is 43.1 Å². The molecule has 1 aliphatic heterocycles. The molecule has 1 aliphatic rings. The number of methoxy groups -OCH3 is 1. The van der Waals surface area contributed by atoms with E-state index in [1.807, 2.05) is 28.8 Å². The predicted octanol–water partition coefficient (Wildman–Crippen LogP) is 2.76. The molecule has 1 saturated heterocycles. The molecule has 0 spiro atoms. The van der Waals surface area contributed by atoms with Crippen LogP contribution < -0.4 is 14.5 Å². The summed E-state index contributed by atoms with van der Waals surface area (Å²) in [4.78, 5) is 4.71. The van der Waals surface area contributed by atoms with Crippen molar-refractivity contribution in [3.8, 4) is 5.75 Å². The fraction of sp³-hybridized carbons (Fsp3) is 0.450. The van der Waals surface area contributed by atoms with Crippen molar-refractivity contribution in [3.63, 3.8) is 0 Å². The van der Waals surface area contributed by atoms with Crippen LogP contribution in [0.15, 0.2) is 36.4 Å². The fourth-order valence-electron chi connectivity index (χ4n) is 3.42. The second-order valence-electron chi connectivity index (χ2n) is 7.91. The summed E-state index contributed by atoms with van der Waals surface area (Å²) in [6.45, 7) is 10.1. The molecule has 0 saturated carbocycles. The SMILES string of the molecule is COc1cccc(N2CCN(c3ccc4nnc(C(C)(C)C)n4n3)CC2)c1. The van der Waals surface area contributed by atoms with Crippen LogP contribution in [0.1, 0.15) is 26.6 Å². The lowest BCUT2D eigenvalue weighted by atomic mass is 9.96. The first-order chi connectivity index (χ1) is 13.0. The van der Waals surface area contributed by atoms with E-state index >= 15 is 0 Å². The molecule has 7 heteroatoms. The van der Waals surface area contributed by atoms with Gasteiger partial charge in [-0.1, -0.05) is 26.8 Å². The third kappa shape index (κ3) is 3.41. The number of benzene rings is 1. The predicted molar refractivity (Wildman–Crippen MR) is 107 cm³/mol. The number of hydrogen-bond donors (Lipinski definition) is 0. The summed E-state index contributed by atoms with van der Waals surface area (Å²) in [5.74, 6) is 2.75. The van der Waals surface area contributed by atoms with Crippen LogP contribution in [0.4, 0.5) is 11.5 Å². The molecule has 0 bridgehead atoms. The largest absolute Gasteiger partial charge is 0.497 e. The van der Waals surface area contributed by atoms with Gasteiger partial charge in [-0.3, -0.25) is 0 Å². The lowest BCUT2D eigenvalue weighted by Gasteiger charge is -2.36. The number of rotatable bonds is 3.